The predicted molar refractivity (Wildman–Crippen MR) is 110 cm³/mol. The fourth-order valence-corrected chi connectivity index (χ4v) is 3.55. The van der Waals surface area contributed by atoms with Crippen LogP contribution in [0.2, 0.25) is 0 Å². The topological polar surface area (TPSA) is 116 Å². The molecule has 3 aromatic rings. The number of imide groups is 1. The van der Waals surface area contributed by atoms with E-state index in [-0.39, 0.29) is 24.2 Å². The van der Waals surface area contributed by atoms with E-state index in [1.54, 1.807) is 49.4 Å². The number of esters is 1. The van der Waals surface area contributed by atoms with Crippen molar-refractivity contribution in [1.29, 1.82) is 0 Å². The van der Waals surface area contributed by atoms with Crippen molar-refractivity contribution in [2.24, 2.45) is 0 Å². The van der Waals surface area contributed by atoms with Crippen LogP contribution in [0.4, 0.5) is 0 Å². The molecule has 0 fully saturated rings. The van der Waals surface area contributed by atoms with E-state index in [0.29, 0.717) is 10.3 Å². The molecule has 1 aliphatic rings. The lowest BCUT2D eigenvalue weighted by molar-refractivity contribution is 0.0463. The van der Waals surface area contributed by atoms with E-state index >= 15 is 0 Å². The highest BCUT2D eigenvalue weighted by Crippen LogP contribution is 2.26. The first-order chi connectivity index (χ1) is 15.4. The number of fused-ring (bicyclic) bond motifs is 1. The van der Waals surface area contributed by atoms with Gasteiger partial charge in [-0.15, -0.1) is 4.74 Å². The molecule has 2 amide bonds. The Kier molecular flexibility index (Phi) is 5.55. The monoisotopic (exact) mass is 434 g/mol. The first kappa shape index (κ1) is 21.0. The number of carbonyl (C=O) groups is 4. The smallest absolute Gasteiger partial charge is 0.372 e. The van der Waals surface area contributed by atoms with Gasteiger partial charge < -0.3 is 9.26 Å². The third kappa shape index (κ3) is 3.64. The molecule has 0 radical (unpaired) electrons. The van der Waals surface area contributed by atoms with Crippen LogP contribution in [-0.2, 0) is 11.2 Å². The van der Waals surface area contributed by atoms with Gasteiger partial charge in [0.2, 0.25) is 0 Å². The molecule has 32 heavy (non-hydrogen) atoms. The van der Waals surface area contributed by atoms with Crippen LogP contribution in [-0.4, -0.2) is 46.0 Å². The molecule has 0 saturated heterocycles. The minimum atomic E-state index is -1.31. The fourth-order valence-electron chi connectivity index (χ4n) is 3.55. The van der Waals surface area contributed by atoms with E-state index in [2.05, 4.69) is 0 Å². The molecule has 0 saturated carbocycles. The van der Waals surface area contributed by atoms with Gasteiger partial charge in [0.05, 0.1) is 23.9 Å². The molecule has 2 aromatic carbocycles. The van der Waals surface area contributed by atoms with E-state index in [0.717, 1.165) is 11.1 Å². The second-order valence-electron chi connectivity index (χ2n) is 7.04. The average molecular weight is 434 g/mol. The van der Waals surface area contributed by atoms with Gasteiger partial charge in [-0.25, -0.2) is 9.59 Å². The summed E-state index contributed by atoms with van der Waals surface area (Å²) in [6.45, 7) is 1.60. The van der Waals surface area contributed by atoms with Gasteiger partial charge in [-0.3, -0.25) is 19.3 Å². The number of aromatic nitrogens is 1. The molecule has 9 heteroatoms. The van der Waals surface area contributed by atoms with Crippen LogP contribution in [0.5, 0.6) is 0 Å². The Bertz CT molecular complexity index is 1240. The molecular formula is C23H18N2O7. The number of nitrogens with zero attached hydrogens (tertiary/aromatic N) is 2. The predicted octanol–water partition coefficient (Wildman–Crippen LogP) is 2.17. The Hall–Kier alpha value is -4.27. The van der Waals surface area contributed by atoms with Gasteiger partial charge in [0.15, 0.2) is 5.56 Å². The zero-order chi connectivity index (χ0) is 22.8. The normalized spacial score (nSPS) is 13.7. The molecule has 0 bridgehead atoms. The van der Waals surface area contributed by atoms with Crippen molar-refractivity contribution in [1.82, 2.24) is 9.64 Å². The largest absolute Gasteiger partial charge is 0.462 e. The summed E-state index contributed by atoms with van der Waals surface area (Å²) in [5.41, 5.74) is -0.463. The van der Waals surface area contributed by atoms with E-state index in [9.17, 15) is 24.0 Å². The second-order valence-corrected chi connectivity index (χ2v) is 7.04. The van der Waals surface area contributed by atoms with Gasteiger partial charge in [-0.2, -0.15) is 0 Å². The van der Waals surface area contributed by atoms with Gasteiger partial charge in [0, 0.05) is 6.42 Å². The average Bonchev–Trinajstić information content (AvgIpc) is 3.31. The fraction of sp³-hybridized carbons (Fsp3) is 0.174. The van der Waals surface area contributed by atoms with E-state index in [1.165, 1.54) is 12.1 Å². The van der Waals surface area contributed by atoms with Crippen LogP contribution in [0.15, 0.2) is 70.1 Å². The Balaban J connectivity index is 1.74. The highest BCUT2D eigenvalue weighted by Gasteiger charge is 2.43. The Labute approximate surface area is 181 Å². The summed E-state index contributed by atoms with van der Waals surface area (Å²) < 4.78 is 10.3. The first-order valence-electron chi connectivity index (χ1n) is 9.87. The van der Waals surface area contributed by atoms with Gasteiger partial charge in [0.25, 0.3) is 17.7 Å². The summed E-state index contributed by atoms with van der Waals surface area (Å²) in [7, 11) is 0. The number of benzene rings is 2. The minimum Gasteiger partial charge on any atom is -0.462 e. The number of amides is 2. The van der Waals surface area contributed by atoms with Gasteiger partial charge in [-0.1, -0.05) is 42.5 Å². The lowest BCUT2D eigenvalue weighted by atomic mass is 10.0. The zero-order valence-corrected chi connectivity index (χ0v) is 17.0. The maximum Gasteiger partial charge on any atom is 0.372 e. The number of carbonyl (C=O) groups excluding carboxylic acids is 4. The Morgan fingerprint density at radius 1 is 0.938 bits per heavy atom. The lowest BCUT2D eigenvalue weighted by Crippen LogP contribution is -2.48. The lowest BCUT2D eigenvalue weighted by Gasteiger charge is -2.24. The van der Waals surface area contributed by atoms with Gasteiger partial charge >= 0.3 is 11.6 Å². The Morgan fingerprint density at radius 3 is 2.12 bits per heavy atom. The maximum absolute atomic E-state index is 13.4. The molecule has 9 nitrogen and oxygen atoms in total. The molecule has 1 atom stereocenters. The van der Waals surface area contributed by atoms with E-state index in [1.807, 2.05) is 0 Å². The first-order valence-corrected chi connectivity index (χ1v) is 9.87. The molecular weight excluding hydrogens is 416 g/mol. The quantitative estimate of drug-likeness (QED) is 0.431. The summed E-state index contributed by atoms with van der Waals surface area (Å²) in [5.74, 6) is -3.04. The third-order valence-electron chi connectivity index (χ3n) is 5.05. The summed E-state index contributed by atoms with van der Waals surface area (Å²) in [4.78, 5) is 64.3. The number of hydrogen-bond donors (Lipinski definition) is 0. The van der Waals surface area contributed by atoms with Crippen molar-refractivity contribution in [3.8, 4) is 0 Å². The van der Waals surface area contributed by atoms with Crippen molar-refractivity contribution >= 4 is 23.7 Å². The SMILES string of the molecule is CCOC(=O)c1cn(C(=O)[C@H](Cc2ccccc2)N2C(=O)c3ccccc3C2=O)oc1=O. The standard InChI is InChI=1S/C23H18N2O7/c1-2-31-22(29)17-13-24(32-23(17)30)21(28)18(12-14-8-4-3-5-9-14)25-19(26)15-10-6-7-11-16(15)20(25)27/h3-11,13,18H,2,12H2,1H3/t18-/m0/s1. The van der Waals surface area contributed by atoms with Crippen LogP contribution >= 0.6 is 0 Å². The van der Waals surface area contributed by atoms with Crippen molar-refractivity contribution in [2.45, 2.75) is 19.4 Å². The maximum atomic E-state index is 13.4. The molecule has 0 spiro atoms. The Morgan fingerprint density at radius 2 is 1.53 bits per heavy atom. The van der Waals surface area contributed by atoms with Crippen LogP contribution < -0.4 is 5.63 Å². The van der Waals surface area contributed by atoms with E-state index < -0.39 is 40.9 Å². The molecule has 162 valence electrons. The van der Waals surface area contributed by atoms with Crippen molar-refractivity contribution < 1.29 is 28.4 Å². The highest BCUT2D eigenvalue weighted by molar-refractivity contribution is 6.22. The molecule has 0 aliphatic carbocycles. The summed E-state index contributed by atoms with van der Waals surface area (Å²) in [6.07, 6.45) is 0.903. The van der Waals surface area contributed by atoms with Crippen molar-refractivity contribution in [3.63, 3.8) is 0 Å². The molecule has 0 N–H and O–H groups in total. The zero-order valence-electron chi connectivity index (χ0n) is 17.0. The molecule has 4 rings (SSSR count). The summed E-state index contributed by atoms with van der Waals surface area (Å²) >= 11 is 0. The van der Waals surface area contributed by atoms with Crippen LogP contribution in [0.3, 0.4) is 0 Å². The third-order valence-corrected chi connectivity index (χ3v) is 5.05. The number of ether oxygens (including phenoxy) is 1. The highest BCUT2D eigenvalue weighted by atomic mass is 16.5. The van der Waals surface area contributed by atoms with Crippen LogP contribution in [0.1, 0.15) is 48.4 Å². The molecule has 1 aromatic heterocycles. The van der Waals surface area contributed by atoms with Crippen LogP contribution in [0, 0.1) is 0 Å². The summed E-state index contributed by atoms with van der Waals surface area (Å²) in [5, 5.41) is 0. The van der Waals surface area contributed by atoms with Gasteiger partial charge in [0.1, 0.15) is 6.04 Å². The molecule has 1 aliphatic heterocycles. The summed E-state index contributed by atoms with van der Waals surface area (Å²) in [6, 6.07) is 13.7. The van der Waals surface area contributed by atoms with Crippen molar-refractivity contribution in [3.05, 3.63) is 93.5 Å². The number of rotatable bonds is 6. The molecule has 0 unspecified atom stereocenters. The molecule has 2 heterocycles. The van der Waals surface area contributed by atoms with Crippen molar-refractivity contribution in [2.75, 3.05) is 6.61 Å². The number of hydrogen-bond acceptors (Lipinski definition) is 7. The second kappa shape index (κ2) is 8.46. The minimum absolute atomic E-state index is 0.0121. The van der Waals surface area contributed by atoms with E-state index in [4.69, 9.17) is 9.26 Å². The van der Waals surface area contributed by atoms with Gasteiger partial charge in [-0.05, 0) is 24.6 Å². The van der Waals surface area contributed by atoms with Crippen LogP contribution in [0.25, 0.3) is 0 Å².